The highest BCUT2D eigenvalue weighted by molar-refractivity contribution is 6.08. The number of aromatic nitrogens is 2. The molecule has 11 nitrogen and oxygen atoms in total. The number of hydrogen-bond donors (Lipinski definition) is 2. The van der Waals surface area contributed by atoms with Gasteiger partial charge in [0.25, 0.3) is 11.8 Å². The zero-order chi connectivity index (χ0) is 31.4. The van der Waals surface area contributed by atoms with E-state index in [0.29, 0.717) is 28.4 Å². The Kier molecular flexibility index (Phi) is 7.56. The third kappa shape index (κ3) is 5.98. The monoisotopic (exact) mass is 588 g/mol. The molecular weight excluding hydrogens is 548 g/mol. The van der Waals surface area contributed by atoms with Crippen molar-refractivity contribution in [2.24, 2.45) is 0 Å². The Bertz CT molecular complexity index is 1520. The molecule has 3 heterocycles. The summed E-state index contributed by atoms with van der Waals surface area (Å²) in [6.45, 7) is 15.5. The number of rotatable bonds is 7. The van der Waals surface area contributed by atoms with E-state index in [1.807, 2.05) is 52.3 Å². The van der Waals surface area contributed by atoms with Crippen LogP contribution in [0.4, 0.5) is 5.69 Å². The Morgan fingerprint density at radius 2 is 1.79 bits per heavy atom. The van der Waals surface area contributed by atoms with Gasteiger partial charge in [0, 0.05) is 35.7 Å². The Morgan fingerprint density at radius 1 is 1.09 bits per heavy atom. The van der Waals surface area contributed by atoms with Gasteiger partial charge in [-0.2, -0.15) is 5.10 Å². The van der Waals surface area contributed by atoms with Gasteiger partial charge < -0.3 is 10.2 Å². The quantitative estimate of drug-likeness (QED) is 0.376. The summed E-state index contributed by atoms with van der Waals surface area (Å²) in [5, 5.41) is 10.3. The molecule has 43 heavy (non-hydrogen) atoms. The first kappa shape index (κ1) is 30.2. The van der Waals surface area contributed by atoms with Gasteiger partial charge in [-0.3, -0.25) is 38.9 Å². The second-order valence-corrected chi connectivity index (χ2v) is 13.6. The van der Waals surface area contributed by atoms with Gasteiger partial charge in [-0.15, -0.1) is 0 Å². The number of carbonyl (C=O) groups excluding carboxylic acids is 5. The van der Waals surface area contributed by atoms with E-state index in [-0.39, 0.29) is 37.1 Å². The van der Waals surface area contributed by atoms with Crippen molar-refractivity contribution in [3.8, 4) is 0 Å². The maximum atomic E-state index is 14.2. The lowest BCUT2D eigenvalue weighted by atomic mass is 10.0. The molecule has 0 radical (unpaired) electrons. The van der Waals surface area contributed by atoms with E-state index < -0.39 is 35.0 Å². The van der Waals surface area contributed by atoms with Gasteiger partial charge in [0.15, 0.2) is 6.04 Å². The zero-order valence-corrected chi connectivity index (χ0v) is 25.7. The number of hydrogen-bond acceptors (Lipinski definition) is 6. The molecular formula is C32H40N6O5. The fourth-order valence-corrected chi connectivity index (χ4v) is 5.76. The molecule has 0 spiro atoms. The number of imide groups is 1. The number of benzene rings is 1. The molecule has 5 rings (SSSR count). The number of nitrogens with zero attached hydrogens (tertiary/aromatic N) is 4. The van der Waals surface area contributed by atoms with Crippen molar-refractivity contribution in [1.29, 1.82) is 0 Å². The first-order valence-corrected chi connectivity index (χ1v) is 14.7. The van der Waals surface area contributed by atoms with E-state index in [0.717, 1.165) is 18.5 Å². The van der Waals surface area contributed by atoms with Gasteiger partial charge in [0.2, 0.25) is 17.7 Å². The molecule has 1 aromatic carbocycles. The normalized spacial score (nSPS) is 19.5. The summed E-state index contributed by atoms with van der Waals surface area (Å²) in [6.07, 6.45) is 3.62. The third-order valence-electron chi connectivity index (χ3n) is 7.87. The van der Waals surface area contributed by atoms with Crippen molar-refractivity contribution >= 4 is 35.2 Å². The predicted molar refractivity (Wildman–Crippen MR) is 160 cm³/mol. The summed E-state index contributed by atoms with van der Waals surface area (Å²) in [5.74, 6) is -1.72. The van der Waals surface area contributed by atoms with Gasteiger partial charge in [0.05, 0.1) is 16.9 Å². The lowest BCUT2D eigenvalue weighted by Crippen LogP contribution is -2.52. The van der Waals surface area contributed by atoms with Crippen molar-refractivity contribution in [2.75, 3.05) is 4.90 Å². The van der Waals surface area contributed by atoms with Crippen LogP contribution in [0.3, 0.4) is 0 Å². The fourth-order valence-electron chi connectivity index (χ4n) is 5.76. The molecule has 2 N–H and O–H groups in total. The van der Waals surface area contributed by atoms with Gasteiger partial charge in [-0.05, 0) is 96.7 Å². The van der Waals surface area contributed by atoms with Crippen LogP contribution in [0.2, 0.25) is 0 Å². The summed E-state index contributed by atoms with van der Waals surface area (Å²) in [5.41, 5.74) is 1.83. The first-order chi connectivity index (χ1) is 20.1. The van der Waals surface area contributed by atoms with Crippen LogP contribution in [0.25, 0.3) is 0 Å². The maximum absolute atomic E-state index is 14.2. The molecule has 2 unspecified atom stereocenters. The number of amides is 5. The van der Waals surface area contributed by atoms with Gasteiger partial charge >= 0.3 is 0 Å². The second-order valence-electron chi connectivity index (χ2n) is 13.6. The fraction of sp³-hybridized carbons (Fsp3) is 0.500. The molecule has 1 aromatic heterocycles. The largest absolute Gasteiger partial charge is 0.349 e. The summed E-state index contributed by atoms with van der Waals surface area (Å²) in [6, 6.07) is 5.06. The zero-order valence-electron chi connectivity index (χ0n) is 25.7. The molecule has 1 aliphatic carbocycles. The van der Waals surface area contributed by atoms with Crippen LogP contribution in [0.5, 0.6) is 0 Å². The van der Waals surface area contributed by atoms with Crippen molar-refractivity contribution in [3.05, 3.63) is 59.4 Å². The van der Waals surface area contributed by atoms with Crippen molar-refractivity contribution < 1.29 is 24.0 Å². The van der Waals surface area contributed by atoms with E-state index in [1.54, 1.807) is 18.2 Å². The van der Waals surface area contributed by atoms with E-state index in [2.05, 4.69) is 17.2 Å². The van der Waals surface area contributed by atoms with Crippen molar-refractivity contribution in [1.82, 2.24) is 25.3 Å². The van der Waals surface area contributed by atoms with Crippen LogP contribution in [-0.2, 0) is 31.3 Å². The van der Waals surface area contributed by atoms with Crippen LogP contribution in [-0.4, -0.2) is 55.8 Å². The second kappa shape index (κ2) is 10.8. The minimum Gasteiger partial charge on any atom is -0.349 e. The van der Waals surface area contributed by atoms with Gasteiger partial charge in [-0.1, -0.05) is 6.58 Å². The smallest absolute Gasteiger partial charge is 0.255 e. The summed E-state index contributed by atoms with van der Waals surface area (Å²) >= 11 is 0. The first-order valence-electron chi connectivity index (χ1n) is 14.7. The van der Waals surface area contributed by atoms with Crippen LogP contribution in [0, 0.1) is 0 Å². The summed E-state index contributed by atoms with van der Waals surface area (Å²) < 4.78 is 1.83. The van der Waals surface area contributed by atoms with E-state index in [4.69, 9.17) is 5.10 Å². The average molecular weight is 589 g/mol. The van der Waals surface area contributed by atoms with Crippen LogP contribution >= 0.6 is 0 Å². The van der Waals surface area contributed by atoms with Crippen LogP contribution in [0.1, 0.15) is 106 Å². The molecule has 11 heteroatoms. The maximum Gasteiger partial charge on any atom is 0.255 e. The lowest BCUT2D eigenvalue weighted by molar-refractivity contribution is -0.137. The predicted octanol–water partition coefficient (Wildman–Crippen LogP) is 3.45. The van der Waals surface area contributed by atoms with Crippen molar-refractivity contribution in [2.45, 2.75) is 103 Å². The number of carbonyl (C=O) groups is 5. The number of piperidine rings is 1. The molecule has 0 bridgehead atoms. The molecule has 228 valence electrons. The third-order valence-corrected chi connectivity index (χ3v) is 7.87. The highest BCUT2D eigenvalue weighted by atomic mass is 16.2. The van der Waals surface area contributed by atoms with Crippen LogP contribution < -0.4 is 15.5 Å². The Morgan fingerprint density at radius 3 is 2.37 bits per heavy atom. The topological polar surface area (TPSA) is 134 Å². The minimum absolute atomic E-state index is 0.134. The standard InChI is InChI=1S/C32H40N6O5/c1-8-26(40)37(20-11-12-21-19(15-20)17-36(30(21)43)23-13-14-25(39)33-28(23)41)27(29(42)34-31(2,3)4)24-16-22(18-9-10-18)35-38(24)32(5,6)7/h8,11-12,15-16,18,23,27H,1,9-10,13-14,17H2,2-7H3,(H,34,42)(H,33,39,41). The van der Waals surface area contributed by atoms with Gasteiger partial charge in [-0.25, -0.2) is 0 Å². The summed E-state index contributed by atoms with van der Waals surface area (Å²) in [4.78, 5) is 68.3. The number of nitrogens with one attached hydrogen (secondary N) is 2. The number of anilines is 1. The average Bonchev–Trinajstić information content (AvgIpc) is 3.57. The summed E-state index contributed by atoms with van der Waals surface area (Å²) in [7, 11) is 0. The molecule has 1 saturated heterocycles. The van der Waals surface area contributed by atoms with E-state index in [9.17, 15) is 24.0 Å². The molecule has 2 fully saturated rings. The molecule has 2 aromatic rings. The Hall–Kier alpha value is -4.28. The molecule has 3 aliphatic rings. The van der Waals surface area contributed by atoms with Gasteiger partial charge in [0.1, 0.15) is 6.04 Å². The van der Waals surface area contributed by atoms with E-state index in [1.165, 1.54) is 15.9 Å². The highest BCUT2D eigenvalue weighted by Crippen LogP contribution is 2.42. The molecule has 1 saturated carbocycles. The van der Waals surface area contributed by atoms with Crippen LogP contribution in [0.15, 0.2) is 36.9 Å². The molecule has 2 aliphatic heterocycles. The molecule has 5 amide bonds. The van der Waals surface area contributed by atoms with Crippen molar-refractivity contribution in [3.63, 3.8) is 0 Å². The van der Waals surface area contributed by atoms with E-state index >= 15 is 0 Å². The minimum atomic E-state index is -1.09. The lowest BCUT2D eigenvalue weighted by Gasteiger charge is -2.35. The Balaban J connectivity index is 1.60. The Labute approximate surface area is 251 Å². The SMILES string of the molecule is C=CC(=O)N(c1ccc2c(c1)CN(C1CCC(=O)NC1=O)C2=O)C(C(=O)NC(C)(C)C)c1cc(C2CC2)nn1C(C)(C)C. The number of fused-ring (bicyclic) bond motifs is 1. The molecule has 2 atom stereocenters. The highest BCUT2D eigenvalue weighted by Gasteiger charge is 2.42.